The number of aliphatic hydroxyl groups is 1. The van der Waals surface area contributed by atoms with Gasteiger partial charge in [0.1, 0.15) is 6.67 Å². The van der Waals surface area contributed by atoms with Crippen LogP contribution in [0.3, 0.4) is 0 Å². The molecule has 0 atom stereocenters. The van der Waals surface area contributed by atoms with E-state index in [0.29, 0.717) is 0 Å². The molecule has 0 saturated carbocycles. The fourth-order valence-corrected chi connectivity index (χ4v) is 0. The van der Waals surface area contributed by atoms with Crippen molar-refractivity contribution in [1.82, 2.24) is 0 Å². The molecule has 0 aromatic heterocycles. The minimum absolute atomic E-state index is 0. The van der Waals surface area contributed by atoms with Crippen LogP contribution in [0.4, 0.5) is 16.6 Å². The van der Waals surface area contributed by atoms with Crippen LogP contribution in [0.1, 0.15) is 0 Å². The summed E-state index contributed by atoms with van der Waals surface area (Å²) in [6, 6.07) is 0. The van der Waals surface area contributed by atoms with Crippen molar-refractivity contribution in [2.24, 2.45) is 0 Å². The molecule has 138 valence electrons. The summed E-state index contributed by atoms with van der Waals surface area (Å²) in [5.41, 5.74) is 0. The molecule has 0 unspecified atom stereocenters. The minimum Gasteiger partial charge on any atom is -0.722 e. The summed E-state index contributed by atoms with van der Waals surface area (Å²) in [5, 5.41) is 23.2. The molecule has 0 bridgehead atoms. The Hall–Kier alpha value is 1.44. The summed E-state index contributed by atoms with van der Waals surface area (Å²) in [5.74, 6) is -3.07. The second kappa shape index (κ2) is 33.1. The number of hydrogen-bond acceptors (Lipinski definition) is 10. The molecule has 0 fully saturated rings. The first-order valence-electron chi connectivity index (χ1n) is 3.83. The van der Waals surface area contributed by atoms with Gasteiger partial charge in [-0.25, -0.2) is 30.4 Å². The van der Waals surface area contributed by atoms with Gasteiger partial charge < -0.3 is 29.2 Å². The van der Waals surface area contributed by atoms with Crippen molar-refractivity contribution in [3.05, 3.63) is 0 Å². The zero-order valence-corrected chi connectivity index (χ0v) is 20.9. The van der Waals surface area contributed by atoms with Gasteiger partial charge in [-0.05, 0) is 0 Å². The zero-order chi connectivity index (χ0) is 19.6. The van der Waals surface area contributed by atoms with Gasteiger partial charge in [-0.2, -0.15) is 0 Å². The van der Waals surface area contributed by atoms with Crippen LogP contribution < -0.4 is 93.8 Å². The van der Waals surface area contributed by atoms with Gasteiger partial charge in [0.15, 0.2) is 6.67 Å². The van der Waals surface area contributed by atoms with Gasteiger partial charge in [0, 0.05) is 7.11 Å². The first kappa shape index (κ1) is 50.3. The largest absolute Gasteiger partial charge is 1.00 e. The van der Waals surface area contributed by atoms with Gasteiger partial charge in [-0.15, -0.1) is 7.77 Å². The average molecular weight is 454 g/mol. The molecule has 2 N–H and O–H groups in total. The number of carbonyl (C=O) groups excluding carboxylic acids is 1. The number of alkyl halides is 2. The van der Waals surface area contributed by atoms with Crippen LogP contribution in [-0.2, 0) is 30.6 Å². The molecule has 0 aromatic carbocycles. The summed E-state index contributed by atoms with van der Waals surface area (Å²) in [7, 11) is -9.83. The first-order valence-corrected chi connectivity index (χ1v) is 6.45. The minimum atomic E-state index is -5.42. The molecule has 0 spiro atoms. The Labute approximate surface area is 207 Å². The first-order chi connectivity index (χ1) is 9.54. The van der Waals surface area contributed by atoms with Crippen molar-refractivity contribution in [3.8, 4) is 0 Å². The molecule has 0 aromatic rings. The fraction of sp³-hybridized carbons (Fsp3) is 0.600. The van der Waals surface area contributed by atoms with Crippen LogP contribution in [0.2, 0.25) is 0 Å². The third-order valence-electron chi connectivity index (χ3n) is 0.223. The Morgan fingerprint density at radius 3 is 0.920 bits per heavy atom. The van der Waals surface area contributed by atoms with Crippen molar-refractivity contribution in [2.75, 3.05) is 20.5 Å². The van der Waals surface area contributed by atoms with E-state index in [9.17, 15) is 16.6 Å². The summed E-state index contributed by atoms with van der Waals surface area (Å²) in [6.45, 7) is -2.67. The van der Waals surface area contributed by atoms with Gasteiger partial charge in [-0.1, -0.05) is 0 Å². The van der Waals surface area contributed by atoms with Gasteiger partial charge in [0.25, 0.3) is 21.0 Å². The maximum atomic E-state index is 10.5. The van der Waals surface area contributed by atoms with Gasteiger partial charge in [0.2, 0.25) is 0 Å². The van der Waals surface area contributed by atoms with Crippen LogP contribution in [0, 0.1) is 0 Å². The van der Waals surface area contributed by atoms with Crippen molar-refractivity contribution < 1.29 is 156 Å². The van der Waals surface area contributed by atoms with E-state index in [1.165, 1.54) is 0 Å². The molecular formula is C5H9F4Na3O11S2. The molecule has 0 aliphatic heterocycles. The van der Waals surface area contributed by atoms with E-state index in [1.54, 1.807) is 0 Å². The second-order valence-electron chi connectivity index (χ2n) is 1.82. The Bertz CT molecular complexity index is 412. The molecular weight excluding hydrogens is 445 g/mol. The van der Waals surface area contributed by atoms with E-state index >= 15 is 0 Å². The summed E-state index contributed by atoms with van der Waals surface area (Å²) in [4.78, 5) is 17.9. The summed E-state index contributed by atoms with van der Waals surface area (Å²) in [6.07, 6.45) is 0. The smallest absolute Gasteiger partial charge is 0.722 e. The third-order valence-corrected chi connectivity index (χ3v) is 0.223. The average Bonchev–Trinajstić information content (AvgIpc) is 2.28. The van der Waals surface area contributed by atoms with E-state index in [-0.39, 0.29) is 88.7 Å². The Balaban J connectivity index is -0.0000000239. The van der Waals surface area contributed by atoms with Crippen LogP contribution in [-0.4, -0.2) is 68.6 Å². The molecule has 0 aliphatic rings. The van der Waals surface area contributed by atoms with Gasteiger partial charge in [-0.3, -0.25) is 0 Å². The molecule has 20 heteroatoms. The summed E-state index contributed by atoms with van der Waals surface area (Å²) < 4.78 is 91.6. The quantitative estimate of drug-likeness (QED) is 0.173. The number of carboxylic acid groups (broad SMARTS) is 2. The fourth-order valence-electron chi connectivity index (χ4n) is 0. The predicted molar refractivity (Wildman–Crippen MR) is 54.3 cm³/mol. The maximum absolute atomic E-state index is 10.5. The number of carbonyl (C=O) groups is 2. The molecule has 0 amide bonds. The van der Waals surface area contributed by atoms with Crippen molar-refractivity contribution >= 4 is 32.9 Å². The van der Waals surface area contributed by atoms with E-state index in [4.69, 9.17) is 50.8 Å². The normalized spacial score (nSPS) is 7.84. The molecule has 0 rings (SSSR count). The number of halogens is 4. The van der Waals surface area contributed by atoms with Crippen LogP contribution >= 0.6 is 0 Å². The summed E-state index contributed by atoms with van der Waals surface area (Å²) >= 11 is 0. The predicted octanol–water partition coefficient (Wildman–Crippen LogP) is -11.8. The molecule has 0 radical (unpaired) electrons. The molecule has 0 saturated heterocycles. The molecule has 0 aliphatic carbocycles. The number of aliphatic carboxylic acids is 2. The van der Waals surface area contributed by atoms with E-state index in [1.807, 2.05) is 0 Å². The number of rotatable bonds is 2. The molecule has 0 heterocycles. The van der Waals surface area contributed by atoms with Crippen molar-refractivity contribution in [2.45, 2.75) is 0 Å². The van der Waals surface area contributed by atoms with Crippen LogP contribution in [0.5, 0.6) is 0 Å². The molecule has 11 nitrogen and oxygen atoms in total. The molecule has 25 heavy (non-hydrogen) atoms. The number of hydrogen-bond donors (Lipinski definition) is 2. The van der Waals surface area contributed by atoms with Crippen molar-refractivity contribution in [3.63, 3.8) is 0 Å². The zero-order valence-electron chi connectivity index (χ0n) is 13.3. The van der Waals surface area contributed by atoms with Crippen molar-refractivity contribution in [1.29, 1.82) is 0 Å². The van der Waals surface area contributed by atoms with Gasteiger partial charge >= 0.3 is 94.6 Å². The standard InChI is InChI=1S/2C2H3FO2.CH4O.2FHO3S.3Na/c2*3-1-2(4)5;1-2;2*1-5(2,3)4;;;/h2*1H2,(H,4,5);2H,1H3;2*(H,2,3,4);;;/q;;;;;3*+1/p-3. The monoisotopic (exact) mass is 454 g/mol. The second-order valence-corrected chi connectivity index (χ2v) is 3.39. The third kappa shape index (κ3) is 472. The van der Waals surface area contributed by atoms with E-state index in [2.05, 4.69) is 0 Å². The van der Waals surface area contributed by atoms with Crippen LogP contribution in [0.15, 0.2) is 0 Å². The van der Waals surface area contributed by atoms with Gasteiger partial charge in [0.05, 0.1) is 5.97 Å². The SMILES string of the molecule is CO.O=C(O)CF.O=C([O-])CF.O=S(=O)([O-])F.O=S(=O)([O-])F.[Na+].[Na+].[Na+]. The van der Waals surface area contributed by atoms with E-state index < -0.39 is 46.3 Å². The maximum Gasteiger partial charge on any atom is 1.00 e. The number of carboxylic acids is 2. The van der Waals surface area contributed by atoms with Crippen LogP contribution in [0.25, 0.3) is 0 Å². The Morgan fingerprint density at radius 1 is 0.840 bits per heavy atom. The Kier molecular flexibility index (Phi) is 66.5. The van der Waals surface area contributed by atoms with E-state index in [0.717, 1.165) is 7.11 Å². The Morgan fingerprint density at radius 2 is 0.920 bits per heavy atom. The number of aliphatic hydroxyl groups excluding tert-OH is 1. The topological polar surface area (TPSA) is 212 Å².